The second-order valence-corrected chi connectivity index (χ2v) is 4.33. The number of rotatable bonds is 6. The lowest BCUT2D eigenvalue weighted by Gasteiger charge is -2.23. The number of nitrogen functional groups attached to an aromatic ring is 1. The number of carboxylic acid groups (broad SMARTS) is 1. The topological polar surface area (TPSA) is 92.9 Å². The Hall–Kier alpha value is -2.24. The van der Waals surface area contributed by atoms with Crippen LogP contribution < -0.4 is 10.5 Å². The van der Waals surface area contributed by atoms with Crippen molar-refractivity contribution in [3.8, 4) is 5.75 Å². The van der Waals surface area contributed by atoms with Gasteiger partial charge in [-0.05, 0) is 39.0 Å². The number of ether oxygens (including phenoxy) is 1. The van der Waals surface area contributed by atoms with Crippen molar-refractivity contribution in [2.75, 3.05) is 18.8 Å². The maximum Gasteiger partial charge on any atom is 0.339 e. The number of nitrogens with two attached hydrogens (primary N) is 1. The molecular weight excluding hydrogens is 260 g/mol. The van der Waals surface area contributed by atoms with Crippen molar-refractivity contribution in [2.24, 2.45) is 0 Å². The molecule has 0 radical (unpaired) electrons. The molecule has 0 aliphatic heterocycles. The first-order valence-electron chi connectivity index (χ1n) is 6.48. The Morgan fingerprint density at radius 1 is 1.35 bits per heavy atom. The Morgan fingerprint density at radius 3 is 2.45 bits per heavy atom. The summed E-state index contributed by atoms with van der Waals surface area (Å²) in [4.78, 5) is 24.9. The molecule has 0 aromatic heterocycles. The predicted molar refractivity (Wildman–Crippen MR) is 75.8 cm³/mol. The van der Waals surface area contributed by atoms with Gasteiger partial charge in [0.05, 0.1) is 0 Å². The van der Waals surface area contributed by atoms with Gasteiger partial charge in [-0.25, -0.2) is 4.79 Å². The standard InChI is InChI=1S/C14H20N2O4/c1-4-16(5-2)13(17)9(3)20-12-7-6-10(15)8-11(12)14(18)19/h6-9H,4-5,15H2,1-3H3,(H,18,19). The van der Waals surface area contributed by atoms with Crippen molar-refractivity contribution in [1.82, 2.24) is 4.90 Å². The van der Waals surface area contributed by atoms with Gasteiger partial charge in [0.15, 0.2) is 6.10 Å². The van der Waals surface area contributed by atoms with Crippen molar-refractivity contribution in [3.05, 3.63) is 23.8 Å². The number of carboxylic acids is 1. The number of carbonyl (C=O) groups is 2. The van der Waals surface area contributed by atoms with Gasteiger partial charge in [0.1, 0.15) is 11.3 Å². The first-order chi connectivity index (χ1) is 9.40. The number of hydrogen-bond donors (Lipinski definition) is 2. The molecule has 1 unspecified atom stereocenters. The summed E-state index contributed by atoms with van der Waals surface area (Å²) < 4.78 is 5.48. The molecule has 1 rings (SSSR count). The lowest BCUT2D eigenvalue weighted by atomic mass is 10.2. The van der Waals surface area contributed by atoms with Gasteiger partial charge in [0.2, 0.25) is 0 Å². The third-order valence-electron chi connectivity index (χ3n) is 2.96. The molecule has 1 atom stereocenters. The molecule has 6 heteroatoms. The van der Waals surface area contributed by atoms with Gasteiger partial charge in [0, 0.05) is 18.8 Å². The fraction of sp³-hybridized carbons (Fsp3) is 0.429. The highest BCUT2D eigenvalue weighted by Crippen LogP contribution is 2.23. The molecule has 0 aliphatic carbocycles. The monoisotopic (exact) mass is 280 g/mol. The summed E-state index contributed by atoms with van der Waals surface area (Å²) >= 11 is 0. The second-order valence-electron chi connectivity index (χ2n) is 4.33. The summed E-state index contributed by atoms with van der Waals surface area (Å²) in [7, 11) is 0. The number of anilines is 1. The fourth-order valence-corrected chi connectivity index (χ4v) is 1.85. The zero-order valence-corrected chi connectivity index (χ0v) is 11.9. The van der Waals surface area contributed by atoms with Crippen LogP contribution >= 0.6 is 0 Å². The third kappa shape index (κ3) is 3.63. The van der Waals surface area contributed by atoms with E-state index in [-0.39, 0.29) is 17.2 Å². The lowest BCUT2D eigenvalue weighted by molar-refractivity contribution is -0.137. The van der Waals surface area contributed by atoms with E-state index < -0.39 is 12.1 Å². The van der Waals surface area contributed by atoms with Gasteiger partial charge < -0.3 is 20.5 Å². The Balaban J connectivity index is 2.93. The van der Waals surface area contributed by atoms with Crippen LogP contribution in [0.3, 0.4) is 0 Å². The molecule has 0 fully saturated rings. The molecule has 1 amide bonds. The van der Waals surface area contributed by atoms with Gasteiger partial charge in [0.25, 0.3) is 5.91 Å². The number of likely N-dealkylation sites (N-methyl/N-ethyl adjacent to an activating group) is 1. The number of aromatic carboxylic acids is 1. The number of hydrogen-bond acceptors (Lipinski definition) is 4. The van der Waals surface area contributed by atoms with E-state index in [0.29, 0.717) is 18.8 Å². The summed E-state index contributed by atoms with van der Waals surface area (Å²) in [6.45, 7) is 6.51. The van der Waals surface area contributed by atoms with Crippen molar-refractivity contribution in [1.29, 1.82) is 0 Å². The molecular formula is C14H20N2O4. The molecule has 0 heterocycles. The van der Waals surface area contributed by atoms with Crippen molar-refractivity contribution >= 4 is 17.6 Å². The molecule has 0 saturated carbocycles. The minimum absolute atomic E-state index is 0.0517. The molecule has 3 N–H and O–H groups in total. The normalized spacial score (nSPS) is 11.8. The van der Waals surface area contributed by atoms with Gasteiger partial charge >= 0.3 is 5.97 Å². The summed E-state index contributed by atoms with van der Waals surface area (Å²) in [5, 5.41) is 9.11. The second kappa shape index (κ2) is 6.79. The number of amides is 1. The third-order valence-corrected chi connectivity index (χ3v) is 2.96. The van der Waals surface area contributed by atoms with E-state index in [9.17, 15) is 9.59 Å². The van der Waals surface area contributed by atoms with E-state index in [1.807, 2.05) is 13.8 Å². The predicted octanol–water partition coefficient (Wildman–Crippen LogP) is 1.60. The van der Waals surface area contributed by atoms with Crippen LogP contribution in [0.15, 0.2) is 18.2 Å². The summed E-state index contributed by atoms with van der Waals surface area (Å²) in [5.74, 6) is -1.18. The SMILES string of the molecule is CCN(CC)C(=O)C(C)Oc1ccc(N)cc1C(=O)O. The molecule has 1 aromatic carbocycles. The Kier molecular flexibility index (Phi) is 5.37. The minimum atomic E-state index is -1.14. The van der Waals surface area contributed by atoms with Crippen molar-refractivity contribution in [3.63, 3.8) is 0 Å². The van der Waals surface area contributed by atoms with E-state index in [1.165, 1.54) is 18.2 Å². The minimum Gasteiger partial charge on any atom is -0.480 e. The number of carbonyl (C=O) groups excluding carboxylic acids is 1. The van der Waals surface area contributed by atoms with Gasteiger partial charge in [-0.1, -0.05) is 0 Å². The maximum atomic E-state index is 12.1. The molecule has 0 spiro atoms. The molecule has 20 heavy (non-hydrogen) atoms. The van der Waals surface area contributed by atoms with Gasteiger partial charge in [-0.2, -0.15) is 0 Å². The van der Waals surface area contributed by atoms with E-state index in [1.54, 1.807) is 11.8 Å². The van der Waals surface area contributed by atoms with E-state index in [4.69, 9.17) is 15.6 Å². The Labute approximate surface area is 118 Å². The maximum absolute atomic E-state index is 12.1. The highest BCUT2D eigenvalue weighted by atomic mass is 16.5. The van der Waals surface area contributed by atoms with Crippen LogP contribution in [0.25, 0.3) is 0 Å². The van der Waals surface area contributed by atoms with Crippen LogP contribution in [-0.4, -0.2) is 41.1 Å². The molecule has 0 saturated heterocycles. The first kappa shape index (κ1) is 15.8. The zero-order chi connectivity index (χ0) is 15.3. The van der Waals surface area contributed by atoms with Crippen LogP contribution in [0.1, 0.15) is 31.1 Å². The van der Waals surface area contributed by atoms with Crippen LogP contribution in [0.5, 0.6) is 5.75 Å². The highest BCUT2D eigenvalue weighted by Gasteiger charge is 2.22. The van der Waals surface area contributed by atoms with Crippen LogP contribution in [-0.2, 0) is 4.79 Å². The Bertz CT molecular complexity index is 498. The molecule has 0 bridgehead atoms. The van der Waals surface area contributed by atoms with Crippen LogP contribution in [0, 0.1) is 0 Å². The smallest absolute Gasteiger partial charge is 0.339 e. The highest BCUT2D eigenvalue weighted by molar-refractivity contribution is 5.92. The molecule has 6 nitrogen and oxygen atoms in total. The average Bonchev–Trinajstić information content (AvgIpc) is 2.41. The van der Waals surface area contributed by atoms with Gasteiger partial charge in [-0.3, -0.25) is 4.79 Å². The van der Waals surface area contributed by atoms with Crippen molar-refractivity contribution < 1.29 is 19.4 Å². The van der Waals surface area contributed by atoms with Crippen molar-refractivity contribution in [2.45, 2.75) is 26.9 Å². The van der Waals surface area contributed by atoms with E-state index >= 15 is 0 Å². The Morgan fingerprint density at radius 2 is 1.95 bits per heavy atom. The molecule has 1 aromatic rings. The van der Waals surface area contributed by atoms with E-state index in [0.717, 1.165) is 0 Å². The molecule has 110 valence electrons. The summed E-state index contributed by atoms with van der Waals surface area (Å²) in [5.41, 5.74) is 5.83. The van der Waals surface area contributed by atoms with Crippen LogP contribution in [0.4, 0.5) is 5.69 Å². The summed E-state index contributed by atoms with van der Waals surface area (Å²) in [6, 6.07) is 4.31. The first-order valence-corrected chi connectivity index (χ1v) is 6.48. The summed E-state index contributed by atoms with van der Waals surface area (Å²) in [6.07, 6.45) is -0.753. The lowest BCUT2D eigenvalue weighted by Crippen LogP contribution is -2.40. The van der Waals surface area contributed by atoms with Gasteiger partial charge in [-0.15, -0.1) is 0 Å². The molecule has 0 aliphatic rings. The average molecular weight is 280 g/mol. The largest absolute Gasteiger partial charge is 0.480 e. The number of benzene rings is 1. The fourth-order valence-electron chi connectivity index (χ4n) is 1.85. The zero-order valence-electron chi connectivity index (χ0n) is 11.9. The quantitative estimate of drug-likeness (QED) is 0.772. The van der Waals surface area contributed by atoms with E-state index in [2.05, 4.69) is 0 Å². The number of nitrogens with zero attached hydrogens (tertiary/aromatic N) is 1. The van der Waals surface area contributed by atoms with Crippen LogP contribution in [0.2, 0.25) is 0 Å².